The van der Waals surface area contributed by atoms with Crippen molar-refractivity contribution in [2.75, 3.05) is 32.7 Å². The van der Waals surface area contributed by atoms with Gasteiger partial charge in [-0.25, -0.2) is 9.98 Å². The molecular weight excluding hydrogens is 515 g/mol. The molecule has 2 atom stereocenters. The molecule has 1 fully saturated rings. The lowest BCUT2D eigenvalue weighted by Crippen LogP contribution is -2.49. The van der Waals surface area contributed by atoms with Crippen molar-refractivity contribution >= 4 is 35.8 Å². The number of amides is 1. The third-order valence-corrected chi connectivity index (χ3v) is 6.12. The summed E-state index contributed by atoms with van der Waals surface area (Å²) in [6, 6.07) is 8.24. The van der Waals surface area contributed by atoms with Crippen molar-refractivity contribution in [3.8, 4) is 0 Å². The minimum absolute atomic E-state index is 0. The summed E-state index contributed by atoms with van der Waals surface area (Å²) in [5.74, 6) is 1.63. The number of rotatable bonds is 7. The van der Waals surface area contributed by atoms with Crippen molar-refractivity contribution in [2.45, 2.75) is 46.7 Å². The smallest absolute Gasteiger partial charge is 0.253 e. The number of nitrogens with one attached hydrogen (secondary N) is 1. The first-order valence-corrected chi connectivity index (χ1v) is 11.5. The first kappa shape index (κ1) is 26.2. The Morgan fingerprint density at radius 1 is 1.22 bits per heavy atom. The van der Waals surface area contributed by atoms with Gasteiger partial charge in [0.1, 0.15) is 0 Å². The van der Waals surface area contributed by atoms with Crippen LogP contribution in [0.4, 0.5) is 0 Å². The van der Waals surface area contributed by atoms with Gasteiger partial charge in [0.05, 0.1) is 18.9 Å². The molecule has 0 radical (unpaired) electrons. The highest BCUT2D eigenvalue weighted by Gasteiger charge is 2.28. The molecule has 1 aliphatic rings. The molecule has 32 heavy (non-hydrogen) atoms. The van der Waals surface area contributed by atoms with Gasteiger partial charge in [0, 0.05) is 50.7 Å². The van der Waals surface area contributed by atoms with Gasteiger partial charge in [-0.05, 0) is 50.8 Å². The van der Waals surface area contributed by atoms with Gasteiger partial charge in [-0.3, -0.25) is 4.79 Å². The van der Waals surface area contributed by atoms with E-state index in [0.29, 0.717) is 18.5 Å². The van der Waals surface area contributed by atoms with Gasteiger partial charge in [0.2, 0.25) is 0 Å². The number of imidazole rings is 1. The fourth-order valence-electron chi connectivity index (χ4n) is 4.13. The van der Waals surface area contributed by atoms with Crippen molar-refractivity contribution in [1.82, 2.24) is 24.7 Å². The summed E-state index contributed by atoms with van der Waals surface area (Å²) in [7, 11) is 0. The number of carbonyl (C=O) groups excluding carboxylic acids is 1. The Morgan fingerprint density at radius 2 is 1.94 bits per heavy atom. The standard InChI is InChI=1S/C24H36N6O.HI/c1-5-26-24(29-14-12-19(4)22(17-29)30-15-13-25-18-30)27-16-20-8-10-21(11-9-20)23(31)28(6-2)7-3;/h8-11,13,15,18-19,22H,5-7,12,14,16-17H2,1-4H3,(H,26,27);1H. The van der Waals surface area contributed by atoms with Gasteiger partial charge in [-0.1, -0.05) is 19.1 Å². The number of aliphatic imine (C=N–C) groups is 1. The van der Waals surface area contributed by atoms with Gasteiger partial charge in [0.25, 0.3) is 5.91 Å². The van der Waals surface area contributed by atoms with E-state index in [4.69, 9.17) is 4.99 Å². The number of nitrogens with zero attached hydrogens (tertiary/aromatic N) is 5. The Hall–Kier alpha value is -2.10. The van der Waals surface area contributed by atoms with Gasteiger partial charge >= 0.3 is 0 Å². The molecule has 176 valence electrons. The quantitative estimate of drug-likeness (QED) is 0.320. The van der Waals surface area contributed by atoms with Crippen molar-refractivity contribution in [3.05, 3.63) is 54.1 Å². The van der Waals surface area contributed by atoms with Gasteiger partial charge < -0.3 is 19.7 Å². The van der Waals surface area contributed by atoms with Crippen LogP contribution in [0.25, 0.3) is 0 Å². The summed E-state index contributed by atoms with van der Waals surface area (Å²) in [4.78, 5) is 25.8. The first-order chi connectivity index (χ1) is 15.1. The Kier molecular flexibility index (Phi) is 10.5. The van der Waals surface area contributed by atoms with E-state index in [1.165, 1.54) is 0 Å². The molecule has 1 aromatic heterocycles. The molecule has 0 saturated carbocycles. The fraction of sp³-hybridized carbons (Fsp3) is 0.542. The largest absolute Gasteiger partial charge is 0.357 e. The van der Waals surface area contributed by atoms with Crippen molar-refractivity contribution in [3.63, 3.8) is 0 Å². The van der Waals surface area contributed by atoms with Crippen LogP contribution < -0.4 is 5.32 Å². The van der Waals surface area contributed by atoms with Gasteiger partial charge in [-0.15, -0.1) is 24.0 Å². The average Bonchev–Trinajstić information content (AvgIpc) is 3.33. The number of benzene rings is 1. The van der Waals surface area contributed by atoms with E-state index < -0.39 is 0 Å². The summed E-state index contributed by atoms with van der Waals surface area (Å²) >= 11 is 0. The van der Waals surface area contributed by atoms with Crippen LogP contribution in [0.15, 0.2) is 48.0 Å². The topological polar surface area (TPSA) is 65.8 Å². The zero-order valence-electron chi connectivity index (χ0n) is 19.7. The second kappa shape index (κ2) is 12.8. The molecule has 0 bridgehead atoms. The van der Waals surface area contributed by atoms with E-state index in [1.54, 1.807) is 0 Å². The van der Waals surface area contributed by atoms with Crippen molar-refractivity contribution in [2.24, 2.45) is 10.9 Å². The third kappa shape index (κ3) is 6.46. The summed E-state index contributed by atoms with van der Waals surface area (Å²) in [6.07, 6.45) is 6.93. The number of hydrogen-bond donors (Lipinski definition) is 1. The molecule has 1 saturated heterocycles. The number of aromatic nitrogens is 2. The Labute approximate surface area is 209 Å². The van der Waals surface area contributed by atoms with Gasteiger partial charge in [-0.2, -0.15) is 0 Å². The summed E-state index contributed by atoms with van der Waals surface area (Å²) in [6.45, 7) is 13.2. The Morgan fingerprint density at radius 3 is 2.53 bits per heavy atom. The van der Waals surface area contributed by atoms with E-state index >= 15 is 0 Å². The predicted octanol–water partition coefficient (Wildman–Crippen LogP) is 4.03. The van der Waals surface area contributed by atoms with Crippen LogP contribution in [0.3, 0.4) is 0 Å². The first-order valence-electron chi connectivity index (χ1n) is 11.5. The van der Waals surface area contributed by atoms with Crippen LogP contribution in [0.1, 0.15) is 56.1 Å². The highest BCUT2D eigenvalue weighted by molar-refractivity contribution is 14.0. The SMILES string of the molecule is CCNC(=NCc1ccc(C(=O)N(CC)CC)cc1)N1CCC(C)C(n2ccnc2)C1.I. The molecule has 0 spiro atoms. The molecule has 1 N–H and O–H groups in total. The van der Waals surface area contributed by atoms with Crippen LogP contribution >= 0.6 is 24.0 Å². The highest BCUT2D eigenvalue weighted by atomic mass is 127. The number of piperidine rings is 1. The summed E-state index contributed by atoms with van der Waals surface area (Å²) in [5, 5.41) is 3.45. The normalized spacial score (nSPS) is 18.8. The average molecular weight is 553 g/mol. The third-order valence-electron chi connectivity index (χ3n) is 6.12. The highest BCUT2D eigenvalue weighted by Crippen LogP contribution is 2.27. The second-order valence-corrected chi connectivity index (χ2v) is 8.13. The maximum Gasteiger partial charge on any atom is 0.253 e. The van der Waals surface area contributed by atoms with E-state index in [9.17, 15) is 4.79 Å². The molecule has 2 aromatic rings. The molecule has 2 unspecified atom stereocenters. The van der Waals surface area contributed by atoms with Crippen LogP contribution in [-0.2, 0) is 6.54 Å². The van der Waals surface area contributed by atoms with Crippen molar-refractivity contribution < 1.29 is 4.79 Å². The molecule has 7 nitrogen and oxygen atoms in total. The molecular formula is C24H37IN6O. The maximum atomic E-state index is 12.5. The maximum absolute atomic E-state index is 12.5. The van der Waals surface area contributed by atoms with Crippen molar-refractivity contribution in [1.29, 1.82) is 0 Å². The van der Waals surface area contributed by atoms with Crippen LogP contribution in [0.5, 0.6) is 0 Å². The molecule has 1 aromatic carbocycles. The molecule has 0 aliphatic carbocycles. The number of halogens is 1. The van der Waals surface area contributed by atoms with E-state index in [2.05, 4.69) is 39.8 Å². The van der Waals surface area contributed by atoms with Crippen LogP contribution in [0.2, 0.25) is 0 Å². The second-order valence-electron chi connectivity index (χ2n) is 8.13. The molecule has 1 amide bonds. The fourth-order valence-corrected chi connectivity index (χ4v) is 4.13. The Balaban J connectivity index is 0.00000363. The molecule has 8 heteroatoms. The number of likely N-dealkylation sites (tertiary alicyclic amines) is 1. The lowest BCUT2D eigenvalue weighted by atomic mass is 9.93. The minimum Gasteiger partial charge on any atom is -0.357 e. The minimum atomic E-state index is 0. The van der Waals surface area contributed by atoms with Crippen LogP contribution in [-0.4, -0.2) is 63.9 Å². The van der Waals surface area contributed by atoms with E-state index in [0.717, 1.165) is 56.2 Å². The zero-order valence-corrected chi connectivity index (χ0v) is 22.0. The zero-order chi connectivity index (χ0) is 22.2. The number of guanidine groups is 1. The summed E-state index contributed by atoms with van der Waals surface area (Å²) in [5.41, 5.74) is 1.83. The van der Waals surface area contributed by atoms with Crippen LogP contribution in [0, 0.1) is 5.92 Å². The summed E-state index contributed by atoms with van der Waals surface area (Å²) < 4.78 is 2.21. The van der Waals surface area contributed by atoms with E-state index in [1.807, 2.05) is 55.5 Å². The van der Waals surface area contributed by atoms with Gasteiger partial charge in [0.15, 0.2) is 5.96 Å². The predicted molar refractivity (Wildman–Crippen MR) is 141 cm³/mol. The number of carbonyl (C=O) groups is 1. The monoisotopic (exact) mass is 552 g/mol. The lowest BCUT2D eigenvalue weighted by molar-refractivity contribution is 0.0773. The lowest BCUT2D eigenvalue weighted by Gasteiger charge is -2.39. The molecule has 1 aliphatic heterocycles. The molecule has 3 rings (SSSR count). The van der Waals surface area contributed by atoms with E-state index in [-0.39, 0.29) is 29.9 Å². The Bertz CT molecular complexity index is 848. The molecule has 2 heterocycles. The number of hydrogen-bond acceptors (Lipinski definition) is 3.